The van der Waals surface area contributed by atoms with Crippen molar-refractivity contribution in [2.75, 3.05) is 0 Å². The summed E-state index contributed by atoms with van der Waals surface area (Å²) in [6.45, 7) is 8.32. The summed E-state index contributed by atoms with van der Waals surface area (Å²) in [5, 5.41) is 2.92. The first kappa shape index (κ1) is 13.4. The second-order valence-corrected chi connectivity index (χ2v) is 4.40. The van der Waals surface area contributed by atoms with Crippen LogP contribution < -0.4 is 11.1 Å². The third kappa shape index (κ3) is 5.97. The highest BCUT2D eigenvalue weighted by Crippen LogP contribution is 2.06. The van der Waals surface area contributed by atoms with Crippen molar-refractivity contribution in [3.8, 4) is 0 Å². The molecule has 0 bridgehead atoms. The lowest BCUT2D eigenvalue weighted by atomic mass is 10.0. The molecule has 0 saturated heterocycles. The van der Waals surface area contributed by atoms with Crippen LogP contribution >= 0.6 is 0 Å². The van der Waals surface area contributed by atoms with Crippen molar-refractivity contribution < 1.29 is 4.79 Å². The Balaban J connectivity index is 3.71. The monoisotopic (exact) mass is 200 g/mol. The maximum Gasteiger partial charge on any atom is 0.237 e. The largest absolute Gasteiger partial charge is 0.352 e. The van der Waals surface area contributed by atoms with Gasteiger partial charge in [-0.15, -0.1) is 0 Å². The van der Waals surface area contributed by atoms with Gasteiger partial charge in [0, 0.05) is 6.04 Å². The van der Waals surface area contributed by atoms with Gasteiger partial charge in [0.2, 0.25) is 5.91 Å². The van der Waals surface area contributed by atoms with Gasteiger partial charge in [0.25, 0.3) is 0 Å². The van der Waals surface area contributed by atoms with Crippen LogP contribution in [-0.4, -0.2) is 18.0 Å². The average Bonchev–Trinajstić information content (AvgIpc) is 2.13. The Bertz CT molecular complexity index is 169. The number of rotatable bonds is 6. The highest BCUT2D eigenvalue weighted by molar-refractivity contribution is 5.81. The predicted octanol–water partition coefficient (Wildman–Crippen LogP) is 1.66. The lowest BCUT2D eigenvalue weighted by molar-refractivity contribution is -0.123. The quantitative estimate of drug-likeness (QED) is 0.685. The van der Waals surface area contributed by atoms with E-state index >= 15 is 0 Å². The molecule has 0 rings (SSSR count). The van der Waals surface area contributed by atoms with E-state index in [0.717, 1.165) is 12.8 Å². The van der Waals surface area contributed by atoms with E-state index in [9.17, 15) is 4.79 Å². The fourth-order valence-electron chi connectivity index (χ4n) is 1.19. The van der Waals surface area contributed by atoms with Crippen molar-refractivity contribution in [1.82, 2.24) is 5.32 Å². The summed E-state index contributed by atoms with van der Waals surface area (Å²) in [7, 11) is 0. The van der Waals surface area contributed by atoms with Gasteiger partial charge < -0.3 is 11.1 Å². The molecule has 2 atom stereocenters. The lowest BCUT2D eigenvalue weighted by Crippen LogP contribution is -2.44. The predicted molar refractivity (Wildman–Crippen MR) is 59.9 cm³/mol. The van der Waals surface area contributed by atoms with Gasteiger partial charge in [-0.1, -0.05) is 20.8 Å². The molecule has 14 heavy (non-hydrogen) atoms. The molecule has 84 valence electrons. The molecule has 3 N–H and O–H groups in total. The number of nitrogens with one attached hydrogen (secondary N) is 1. The van der Waals surface area contributed by atoms with Crippen LogP contribution in [0.2, 0.25) is 0 Å². The molecule has 0 aliphatic heterocycles. The van der Waals surface area contributed by atoms with Crippen LogP contribution in [0.1, 0.15) is 47.0 Å². The summed E-state index contributed by atoms with van der Waals surface area (Å²) in [5.74, 6) is 0.665. The van der Waals surface area contributed by atoms with E-state index in [-0.39, 0.29) is 18.0 Å². The number of carbonyl (C=O) groups is 1. The summed E-state index contributed by atoms with van der Waals surface area (Å²) in [6, 6.07) is -0.112. The number of hydrogen-bond donors (Lipinski definition) is 2. The van der Waals surface area contributed by atoms with Crippen LogP contribution in [0.25, 0.3) is 0 Å². The van der Waals surface area contributed by atoms with Crippen LogP contribution in [0.4, 0.5) is 0 Å². The molecule has 0 aromatic rings. The van der Waals surface area contributed by atoms with Crippen LogP contribution in [0, 0.1) is 5.92 Å². The van der Waals surface area contributed by atoms with Gasteiger partial charge in [0.15, 0.2) is 0 Å². The van der Waals surface area contributed by atoms with Crippen molar-refractivity contribution in [3.05, 3.63) is 0 Å². The number of amides is 1. The molecule has 2 unspecified atom stereocenters. The summed E-state index contributed by atoms with van der Waals surface area (Å²) in [6.07, 6.45) is 2.87. The van der Waals surface area contributed by atoms with Crippen LogP contribution in [0.15, 0.2) is 0 Å². The van der Waals surface area contributed by atoms with E-state index in [2.05, 4.69) is 19.2 Å². The fraction of sp³-hybridized carbons (Fsp3) is 0.909. The molecule has 0 aromatic carbocycles. The first-order valence-corrected chi connectivity index (χ1v) is 5.53. The Morgan fingerprint density at radius 3 is 2.29 bits per heavy atom. The van der Waals surface area contributed by atoms with E-state index in [1.54, 1.807) is 0 Å². The Morgan fingerprint density at radius 2 is 1.86 bits per heavy atom. The maximum atomic E-state index is 11.4. The van der Waals surface area contributed by atoms with Gasteiger partial charge >= 0.3 is 0 Å². The number of hydrogen-bond acceptors (Lipinski definition) is 2. The molecule has 0 saturated carbocycles. The summed E-state index contributed by atoms with van der Waals surface area (Å²) < 4.78 is 0. The molecule has 0 spiro atoms. The topological polar surface area (TPSA) is 55.1 Å². The van der Waals surface area contributed by atoms with Crippen molar-refractivity contribution in [1.29, 1.82) is 0 Å². The molecule has 0 heterocycles. The van der Waals surface area contributed by atoms with Crippen LogP contribution in [0.5, 0.6) is 0 Å². The van der Waals surface area contributed by atoms with Gasteiger partial charge in [-0.3, -0.25) is 4.79 Å². The lowest BCUT2D eigenvalue weighted by Gasteiger charge is -2.17. The van der Waals surface area contributed by atoms with E-state index in [4.69, 9.17) is 5.73 Å². The van der Waals surface area contributed by atoms with E-state index in [1.807, 2.05) is 13.8 Å². The summed E-state index contributed by atoms with van der Waals surface area (Å²) in [5.41, 5.74) is 5.61. The Hall–Kier alpha value is -0.570. The minimum absolute atomic E-state index is 0.0243. The zero-order valence-electron chi connectivity index (χ0n) is 9.84. The molecule has 0 aliphatic carbocycles. The Labute approximate surface area is 87.4 Å². The number of nitrogens with two attached hydrogens (primary N) is 1. The fourth-order valence-corrected chi connectivity index (χ4v) is 1.19. The standard InChI is InChI=1S/C11H24N2O/c1-5-10(12)11(14)13-9(4)7-6-8(2)3/h8-10H,5-7,12H2,1-4H3,(H,13,14). The highest BCUT2D eigenvalue weighted by atomic mass is 16.2. The van der Waals surface area contributed by atoms with Gasteiger partial charge in [0.05, 0.1) is 6.04 Å². The van der Waals surface area contributed by atoms with Gasteiger partial charge in [-0.2, -0.15) is 0 Å². The highest BCUT2D eigenvalue weighted by Gasteiger charge is 2.13. The van der Waals surface area contributed by atoms with Crippen molar-refractivity contribution in [3.63, 3.8) is 0 Å². The molecule has 0 aromatic heterocycles. The molecular weight excluding hydrogens is 176 g/mol. The Morgan fingerprint density at radius 1 is 1.29 bits per heavy atom. The molecule has 3 heteroatoms. The third-order valence-corrected chi connectivity index (χ3v) is 2.34. The average molecular weight is 200 g/mol. The van der Waals surface area contributed by atoms with Crippen LogP contribution in [-0.2, 0) is 4.79 Å². The molecular formula is C11H24N2O. The molecule has 0 aliphatic rings. The second kappa shape index (κ2) is 6.82. The Kier molecular flexibility index (Phi) is 6.54. The maximum absolute atomic E-state index is 11.4. The van der Waals surface area contributed by atoms with Gasteiger partial charge in [-0.05, 0) is 32.1 Å². The molecule has 3 nitrogen and oxygen atoms in total. The SMILES string of the molecule is CCC(N)C(=O)NC(C)CCC(C)C. The first-order valence-electron chi connectivity index (χ1n) is 5.53. The van der Waals surface area contributed by atoms with Gasteiger partial charge in [-0.25, -0.2) is 0 Å². The zero-order valence-corrected chi connectivity index (χ0v) is 9.84. The third-order valence-electron chi connectivity index (χ3n) is 2.34. The zero-order chi connectivity index (χ0) is 11.1. The minimum Gasteiger partial charge on any atom is -0.352 e. The minimum atomic E-state index is -0.350. The second-order valence-electron chi connectivity index (χ2n) is 4.40. The van der Waals surface area contributed by atoms with Crippen LogP contribution in [0.3, 0.4) is 0 Å². The number of carbonyl (C=O) groups excluding carboxylic acids is 1. The van der Waals surface area contributed by atoms with Gasteiger partial charge in [0.1, 0.15) is 0 Å². The molecule has 1 amide bonds. The van der Waals surface area contributed by atoms with Crippen molar-refractivity contribution in [2.45, 2.75) is 59.0 Å². The smallest absolute Gasteiger partial charge is 0.237 e. The van der Waals surface area contributed by atoms with Crippen molar-refractivity contribution >= 4 is 5.91 Å². The van der Waals surface area contributed by atoms with E-state index < -0.39 is 0 Å². The first-order chi connectivity index (χ1) is 6.47. The molecule has 0 radical (unpaired) electrons. The molecule has 0 fully saturated rings. The normalized spacial score (nSPS) is 15.3. The summed E-state index contributed by atoms with van der Waals surface area (Å²) in [4.78, 5) is 11.4. The summed E-state index contributed by atoms with van der Waals surface area (Å²) >= 11 is 0. The van der Waals surface area contributed by atoms with Crippen molar-refractivity contribution in [2.24, 2.45) is 11.7 Å². The van der Waals surface area contributed by atoms with E-state index in [0.29, 0.717) is 12.3 Å². The van der Waals surface area contributed by atoms with E-state index in [1.165, 1.54) is 0 Å².